The lowest BCUT2D eigenvalue weighted by atomic mass is 10.1. The van der Waals surface area contributed by atoms with E-state index in [-0.39, 0.29) is 11.3 Å². The van der Waals surface area contributed by atoms with Crippen LogP contribution in [0.4, 0.5) is 0 Å². The topological polar surface area (TPSA) is 111 Å². The maximum Gasteiger partial charge on any atom is 0.344 e. The number of ether oxygens (including phenoxy) is 2. The number of aromatic nitrogens is 2. The van der Waals surface area contributed by atoms with Crippen LogP contribution in [0.15, 0.2) is 36.5 Å². The summed E-state index contributed by atoms with van der Waals surface area (Å²) in [6.07, 6.45) is 1.62. The molecule has 0 amide bonds. The van der Waals surface area contributed by atoms with Crippen LogP contribution in [0.25, 0.3) is 16.6 Å². The molecule has 0 unspecified atom stereocenters. The molecular weight excluding hydrogens is 328 g/mol. The van der Waals surface area contributed by atoms with E-state index in [9.17, 15) is 19.8 Å². The maximum atomic E-state index is 12.0. The summed E-state index contributed by atoms with van der Waals surface area (Å²) in [7, 11) is 2.45. The number of phenols is 2. The second kappa shape index (κ2) is 6.16. The molecule has 0 bridgehead atoms. The number of carbonyl (C=O) groups is 2. The minimum atomic E-state index is -0.821. The quantitative estimate of drug-likeness (QED) is 0.553. The molecule has 2 N–H and O–H groups in total. The number of fused-ring (bicyclic) bond motifs is 1. The van der Waals surface area contributed by atoms with Crippen LogP contribution in [0, 0.1) is 0 Å². The van der Waals surface area contributed by atoms with Gasteiger partial charge in [0.15, 0.2) is 11.5 Å². The Balaban J connectivity index is 2.18. The lowest BCUT2D eigenvalue weighted by molar-refractivity contribution is 0.0589. The van der Waals surface area contributed by atoms with Crippen molar-refractivity contribution in [2.24, 2.45) is 0 Å². The van der Waals surface area contributed by atoms with Crippen LogP contribution in [0.5, 0.6) is 11.5 Å². The Hall–Kier alpha value is -3.55. The average molecular weight is 342 g/mol. The fraction of sp³-hybridized carbons (Fsp3) is 0.118. The van der Waals surface area contributed by atoms with E-state index >= 15 is 0 Å². The zero-order valence-corrected chi connectivity index (χ0v) is 13.4. The van der Waals surface area contributed by atoms with Crippen molar-refractivity contribution in [3.63, 3.8) is 0 Å². The first-order valence-electron chi connectivity index (χ1n) is 7.17. The third-order valence-electron chi connectivity index (χ3n) is 3.70. The summed E-state index contributed by atoms with van der Waals surface area (Å²) in [5.41, 5.74) is 0.828. The van der Waals surface area contributed by atoms with Gasteiger partial charge in [0.05, 0.1) is 31.0 Å². The van der Waals surface area contributed by atoms with E-state index in [4.69, 9.17) is 0 Å². The summed E-state index contributed by atoms with van der Waals surface area (Å²) in [4.78, 5) is 23.6. The van der Waals surface area contributed by atoms with Gasteiger partial charge in [-0.2, -0.15) is 5.10 Å². The predicted molar refractivity (Wildman–Crippen MR) is 87.1 cm³/mol. The van der Waals surface area contributed by atoms with Crippen LogP contribution >= 0.6 is 0 Å². The molecule has 0 spiro atoms. The van der Waals surface area contributed by atoms with Gasteiger partial charge in [-0.05, 0) is 24.3 Å². The first kappa shape index (κ1) is 16.3. The number of esters is 2. The average Bonchev–Trinajstić information content (AvgIpc) is 3.05. The number of benzene rings is 2. The molecule has 128 valence electrons. The van der Waals surface area contributed by atoms with E-state index < -0.39 is 23.4 Å². The van der Waals surface area contributed by atoms with Gasteiger partial charge in [-0.3, -0.25) is 0 Å². The third-order valence-corrected chi connectivity index (χ3v) is 3.70. The van der Waals surface area contributed by atoms with Crippen LogP contribution in [0.3, 0.4) is 0 Å². The summed E-state index contributed by atoms with van der Waals surface area (Å²) >= 11 is 0. The van der Waals surface area contributed by atoms with Crippen LogP contribution in [-0.2, 0) is 9.47 Å². The molecule has 8 heteroatoms. The largest absolute Gasteiger partial charge is 0.504 e. The molecule has 0 atom stereocenters. The highest BCUT2D eigenvalue weighted by Crippen LogP contribution is 2.34. The molecule has 0 fully saturated rings. The summed E-state index contributed by atoms with van der Waals surface area (Å²) in [6, 6.07) is 7.49. The van der Waals surface area contributed by atoms with Crippen LogP contribution in [-0.4, -0.2) is 46.2 Å². The molecule has 0 saturated heterocycles. The van der Waals surface area contributed by atoms with Crippen molar-refractivity contribution in [3.8, 4) is 17.2 Å². The summed E-state index contributed by atoms with van der Waals surface area (Å²) < 4.78 is 10.7. The SMILES string of the molecule is COC(=O)c1ccc2cn(-c3ccc(O)c(O)c3C(=O)OC)nc2c1. The van der Waals surface area contributed by atoms with E-state index in [1.54, 1.807) is 24.4 Å². The molecule has 0 saturated carbocycles. The normalized spacial score (nSPS) is 10.6. The molecular formula is C17H14N2O6. The van der Waals surface area contributed by atoms with Crippen molar-refractivity contribution in [2.45, 2.75) is 0 Å². The van der Waals surface area contributed by atoms with E-state index in [1.807, 2.05) is 0 Å². The minimum absolute atomic E-state index is 0.219. The van der Waals surface area contributed by atoms with Gasteiger partial charge in [-0.15, -0.1) is 0 Å². The number of hydrogen-bond donors (Lipinski definition) is 2. The van der Waals surface area contributed by atoms with Crippen LogP contribution in [0.1, 0.15) is 20.7 Å². The van der Waals surface area contributed by atoms with Gasteiger partial charge in [0, 0.05) is 11.6 Å². The molecule has 25 heavy (non-hydrogen) atoms. The minimum Gasteiger partial charge on any atom is -0.504 e. The summed E-state index contributed by atoms with van der Waals surface area (Å²) in [5, 5.41) is 24.7. The number of aromatic hydroxyl groups is 2. The van der Waals surface area contributed by atoms with Crippen molar-refractivity contribution >= 4 is 22.8 Å². The molecule has 3 rings (SSSR count). The van der Waals surface area contributed by atoms with Gasteiger partial charge in [0.2, 0.25) is 0 Å². The predicted octanol–water partition coefficient (Wildman–Crippen LogP) is 2.01. The lowest BCUT2D eigenvalue weighted by Crippen LogP contribution is -2.08. The fourth-order valence-corrected chi connectivity index (χ4v) is 2.45. The smallest absolute Gasteiger partial charge is 0.344 e. The number of rotatable bonds is 3. The lowest BCUT2D eigenvalue weighted by Gasteiger charge is -2.10. The number of nitrogens with zero attached hydrogens (tertiary/aromatic N) is 2. The molecule has 2 aromatic carbocycles. The highest BCUT2D eigenvalue weighted by molar-refractivity contribution is 5.98. The van der Waals surface area contributed by atoms with Gasteiger partial charge < -0.3 is 19.7 Å². The van der Waals surface area contributed by atoms with Crippen molar-refractivity contribution < 1.29 is 29.3 Å². The van der Waals surface area contributed by atoms with Gasteiger partial charge in [0.25, 0.3) is 0 Å². The first-order valence-corrected chi connectivity index (χ1v) is 7.17. The zero-order chi connectivity index (χ0) is 18.1. The zero-order valence-electron chi connectivity index (χ0n) is 13.4. The molecule has 1 heterocycles. The number of methoxy groups -OCH3 is 2. The Morgan fingerprint density at radius 1 is 1.04 bits per heavy atom. The Labute approximate surface area is 141 Å². The summed E-state index contributed by atoms with van der Waals surface area (Å²) in [6.45, 7) is 0. The fourth-order valence-electron chi connectivity index (χ4n) is 2.45. The van der Waals surface area contributed by atoms with E-state index in [2.05, 4.69) is 14.6 Å². The number of carbonyl (C=O) groups excluding carboxylic acids is 2. The van der Waals surface area contributed by atoms with Gasteiger partial charge in [0.1, 0.15) is 5.56 Å². The third kappa shape index (κ3) is 2.74. The second-order valence-electron chi connectivity index (χ2n) is 5.16. The van der Waals surface area contributed by atoms with Crippen molar-refractivity contribution in [1.29, 1.82) is 0 Å². The molecule has 1 aromatic heterocycles. The van der Waals surface area contributed by atoms with Gasteiger partial charge in [-0.1, -0.05) is 6.07 Å². The van der Waals surface area contributed by atoms with Crippen molar-refractivity contribution in [1.82, 2.24) is 9.78 Å². The van der Waals surface area contributed by atoms with E-state index in [1.165, 1.54) is 23.9 Å². The highest BCUT2D eigenvalue weighted by Gasteiger charge is 2.22. The summed E-state index contributed by atoms with van der Waals surface area (Å²) in [5.74, 6) is -2.36. The highest BCUT2D eigenvalue weighted by atomic mass is 16.5. The van der Waals surface area contributed by atoms with Gasteiger partial charge in [-0.25, -0.2) is 14.3 Å². The molecule has 0 aliphatic heterocycles. The molecule has 0 aliphatic carbocycles. The molecule has 3 aromatic rings. The number of phenolic OH excluding ortho intramolecular Hbond substituents is 2. The second-order valence-corrected chi connectivity index (χ2v) is 5.16. The van der Waals surface area contributed by atoms with E-state index in [0.29, 0.717) is 16.5 Å². The van der Waals surface area contributed by atoms with Crippen LogP contribution in [0.2, 0.25) is 0 Å². The van der Waals surface area contributed by atoms with Gasteiger partial charge >= 0.3 is 11.9 Å². The maximum absolute atomic E-state index is 12.0. The standard InChI is InChI=1S/C17H14N2O6/c1-24-16(22)9-3-4-10-8-19(18-11(10)7-9)12-5-6-13(20)15(21)14(12)17(23)25-2/h3-8,20-21H,1-2H3. The number of hydrogen-bond acceptors (Lipinski definition) is 7. The molecule has 0 aliphatic rings. The Morgan fingerprint density at radius 2 is 1.76 bits per heavy atom. The Bertz CT molecular complexity index is 992. The Kier molecular flexibility index (Phi) is 4.02. The van der Waals surface area contributed by atoms with Crippen molar-refractivity contribution in [2.75, 3.05) is 14.2 Å². The van der Waals surface area contributed by atoms with Crippen molar-refractivity contribution in [3.05, 3.63) is 47.7 Å². The molecule has 8 nitrogen and oxygen atoms in total. The van der Waals surface area contributed by atoms with E-state index in [0.717, 1.165) is 7.11 Å². The van der Waals surface area contributed by atoms with Crippen LogP contribution < -0.4 is 0 Å². The monoisotopic (exact) mass is 342 g/mol. The molecule has 0 radical (unpaired) electrons. The Morgan fingerprint density at radius 3 is 2.44 bits per heavy atom. The first-order chi connectivity index (χ1) is 12.0.